The van der Waals surface area contributed by atoms with E-state index < -0.39 is 0 Å². The number of amides is 1. The molecule has 2 aromatic rings. The molecule has 0 aliphatic carbocycles. The predicted octanol–water partition coefficient (Wildman–Crippen LogP) is 4.05. The molecule has 3 rings (SSSR count). The molecule has 0 radical (unpaired) electrons. The highest BCUT2D eigenvalue weighted by molar-refractivity contribution is 7.10. The predicted molar refractivity (Wildman–Crippen MR) is 87.3 cm³/mol. The van der Waals surface area contributed by atoms with Gasteiger partial charge in [-0.15, -0.1) is 11.3 Å². The van der Waals surface area contributed by atoms with E-state index in [1.807, 2.05) is 24.4 Å². The molecule has 1 atom stereocenters. The van der Waals surface area contributed by atoms with E-state index in [0.29, 0.717) is 35.3 Å². The molecule has 1 amide bonds. The van der Waals surface area contributed by atoms with Crippen molar-refractivity contribution in [1.29, 1.82) is 0 Å². The van der Waals surface area contributed by atoms with Crippen LogP contribution in [-0.2, 0) is 0 Å². The summed E-state index contributed by atoms with van der Waals surface area (Å²) in [6.45, 7) is 3.07. The molecule has 22 heavy (non-hydrogen) atoms. The van der Waals surface area contributed by atoms with Crippen LogP contribution in [0.15, 0.2) is 29.6 Å². The first-order valence-electron chi connectivity index (χ1n) is 7.08. The van der Waals surface area contributed by atoms with Crippen LogP contribution in [0.4, 0.5) is 0 Å². The van der Waals surface area contributed by atoms with Crippen molar-refractivity contribution >= 4 is 28.8 Å². The smallest absolute Gasteiger partial charge is 0.251 e. The fourth-order valence-electron chi connectivity index (χ4n) is 2.25. The van der Waals surface area contributed by atoms with Gasteiger partial charge in [-0.3, -0.25) is 4.79 Å². The van der Waals surface area contributed by atoms with Crippen molar-refractivity contribution in [1.82, 2.24) is 5.32 Å². The fourth-order valence-corrected chi connectivity index (χ4v) is 3.25. The highest BCUT2D eigenvalue weighted by atomic mass is 35.5. The first-order chi connectivity index (χ1) is 10.6. The summed E-state index contributed by atoms with van der Waals surface area (Å²) in [7, 11) is 0. The summed E-state index contributed by atoms with van der Waals surface area (Å²) in [5.74, 6) is 0.861. The first kappa shape index (κ1) is 15.2. The van der Waals surface area contributed by atoms with E-state index in [-0.39, 0.29) is 11.9 Å². The van der Waals surface area contributed by atoms with Crippen LogP contribution in [0, 0.1) is 0 Å². The standard InChI is InChI=1S/C16H16ClNO3S/c1-10(14-4-2-7-22-14)18-16(19)11-8-12(17)15-13(9-11)20-5-3-6-21-15/h2,4,7-10H,3,5-6H2,1H3,(H,18,19)/t10-/m1/s1. The number of carbonyl (C=O) groups is 1. The number of hydrogen-bond donors (Lipinski definition) is 1. The average Bonchev–Trinajstić information content (AvgIpc) is 2.93. The second-order valence-electron chi connectivity index (χ2n) is 5.05. The van der Waals surface area contributed by atoms with E-state index >= 15 is 0 Å². The molecule has 0 saturated carbocycles. The van der Waals surface area contributed by atoms with Crippen molar-refractivity contribution in [3.05, 3.63) is 45.1 Å². The van der Waals surface area contributed by atoms with Crippen LogP contribution < -0.4 is 14.8 Å². The Labute approximate surface area is 138 Å². The molecule has 0 fully saturated rings. The fraction of sp³-hybridized carbons (Fsp3) is 0.312. The third kappa shape index (κ3) is 3.20. The Morgan fingerprint density at radius 2 is 2.18 bits per heavy atom. The number of halogens is 1. The van der Waals surface area contributed by atoms with E-state index in [0.717, 1.165) is 11.3 Å². The largest absolute Gasteiger partial charge is 0.489 e. The summed E-state index contributed by atoms with van der Waals surface area (Å²) >= 11 is 7.83. The van der Waals surface area contributed by atoms with Crippen molar-refractivity contribution in [3.63, 3.8) is 0 Å². The van der Waals surface area contributed by atoms with E-state index in [2.05, 4.69) is 5.32 Å². The molecule has 0 unspecified atom stereocenters. The summed E-state index contributed by atoms with van der Waals surface area (Å²) in [6.07, 6.45) is 0.794. The van der Waals surface area contributed by atoms with Crippen LogP contribution in [0.3, 0.4) is 0 Å². The van der Waals surface area contributed by atoms with Gasteiger partial charge >= 0.3 is 0 Å². The zero-order chi connectivity index (χ0) is 15.5. The Morgan fingerprint density at radius 3 is 2.95 bits per heavy atom. The Kier molecular flexibility index (Phi) is 4.55. The molecular formula is C16H16ClNO3S. The molecule has 0 saturated heterocycles. The van der Waals surface area contributed by atoms with Gasteiger partial charge in [0, 0.05) is 16.9 Å². The van der Waals surface area contributed by atoms with Gasteiger partial charge in [-0.2, -0.15) is 0 Å². The zero-order valence-electron chi connectivity index (χ0n) is 12.1. The summed E-state index contributed by atoms with van der Waals surface area (Å²) in [4.78, 5) is 13.5. The zero-order valence-corrected chi connectivity index (χ0v) is 13.7. The SMILES string of the molecule is C[C@@H](NC(=O)c1cc(Cl)c2c(c1)OCCCO2)c1cccs1. The maximum Gasteiger partial charge on any atom is 0.251 e. The van der Waals surface area contributed by atoms with Crippen molar-refractivity contribution in [2.75, 3.05) is 13.2 Å². The third-order valence-electron chi connectivity index (χ3n) is 3.38. The van der Waals surface area contributed by atoms with Gasteiger partial charge in [-0.1, -0.05) is 17.7 Å². The molecule has 4 nitrogen and oxygen atoms in total. The number of ether oxygens (including phenoxy) is 2. The maximum atomic E-state index is 12.4. The molecule has 1 N–H and O–H groups in total. The second-order valence-corrected chi connectivity index (χ2v) is 6.43. The number of rotatable bonds is 3. The van der Waals surface area contributed by atoms with Gasteiger partial charge in [0.2, 0.25) is 0 Å². The normalized spacial score (nSPS) is 15.0. The minimum Gasteiger partial charge on any atom is -0.489 e. The van der Waals surface area contributed by atoms with Crippen molar-refractivity contribution in [2.45, 2.75) is 19.4 Å². The first-order valence-corrected chi connectivity index (χ1v) is 8.34. The van der Waals surface area contributed by atoms with Crippen LogP contribution in [0.5, 0.6) is 11.5 Å². The molecule has 0 spiro atoms. The summed E-state index contributed by atoms with van der Waals surface area (Å²) in [6, 6.07) is 7.21. The monoisotopic (exact) mass is 337 g/mol. The number of thiophene rings is 1. The van der Waals surface area contributed by atoms with Crippen LogP contribution in [0.2, 0.25) is 5.02 Å². The Balaban J connectivity index is 1.81. The number of benzene rings is 1. The molecular weight excluding hydrogens is 322 g/mol. The molecule has 1 aromatic carbocycles. The number of fused-ring (bicyclic) bond motifs is 1. The highest BCUT2D eigenvalue weighted by Crippen LogP contribution is 2.38. The molecule has 6 heteroatoms. The molecule has 2 heterocycles. The summed E-state index contributed by atoms with van der Waals surface area (Å²) in [5, 5.41) is 5.35. The van der Waals surface area contributed by atoms with Crippen LogP contribution in [0.1, 0.15) is 34.6 Å². The molecule has 116 valence electrons. The van der Waals surface area contributed by atoms with Crippen molar-refractivity contribution in [3.8, 4) is 11.5 Å². The van der Waals surface area contributed by atoms with Crippen molar-refractivity contribution in [2.24, 2.45) is 0 Å². The lowest BCUT2D eigenvalue weighted by Crippen LogP contribution is -2.26. The Bertz CT molecular complexity index is 672. The van der Waals surface area contributed by atoms with Crippen LogP contribution in [-0.4, -0.2) is 19.1 Å². The number of nitrogens with one attached hydrogen (secondary N) is 1. The minimum atomic E-state index is -0.182. The molecule has 0 bridgehead atoms. The van der Waals surface area contributed by atoms with Crippen LogP contribution >= 0.6 is 22.9 Å². The van der Waals surface area contributed by atoms with Gasteiger partial charge < -0.3 is 14.8 Å². The lowest BCUT2D eigenvalue weighted by Gasteiger charge is -2.14. The third-order valence-corrected chi connectivity index (χ3v) is 4.72. The van der Waals surface area contributed by atoms with E-state index in [9.17, 15) is 4.79 Å². The van der Waals surface area contributed by atoms with E-state index in [1.165, 1.54) is 0 Å². The quantitative estimate of drug-likeness (QED) is 0.919. The molecule has 1 aliphatic heterocycles. The minimum absolute atomic E-state index is 0.0535. The van der Waals surface area contributed by atoms with Gasteiger partial charge in [0.05, 0.1) is 24.3 Å². The van der Waals surface area contributed by atoms with Gasteiger partial charge in [-0.05, 0) is 30.5 Å². The van der Waals surface area contributed by atoms with Crippen molar-refractivity contribution < 1.29 is 14.3 Å². The van der Waals surface area contributed by atoms with Crippen LogP contribution in [0.25, 0.3) is 0 Å². The maximum absolute atomic E-state index is 12.4. The lowest BCUT2D eigenvalue weighted by molar-refractivity contribution is 0.0940. The second kappa shape index (κ2) is 6.58. The summed E-state index contributed by atoms with van der Waals surface area (Å²) in [5.41, 5.74) is 0.470. The lowest BCUT2D eigenvalue weighted by atomic mass is 10.1. The Hall–Kier alpha value is -1.72. The van der Waals surface area contributed by atoms with Gasteiger partial charge in [-0.25, -0.2) is 0 Å². The summed E-state index contributed by atoms with van der Waals surface area (Å²) < 4.78 is 11.2. The number of hydrogen-bond acceptors (Lipinski definition) is 4. The average molecular weight is 338 g/mol. The van der Waals surface area contributed by atoms with Gasteiger partial charge in [0.15, 0.2) is 11.5 Å². The highest BCUT2D eigenvalue weighted by Gasteiger charge is 2.19. The van der Waals surface area contributed by atoms with Gasteiger partial charge in [0.25, 0.3) is 5.91 Å². The molecule has 1 aromatic heterocycles. The van der Waals surface area contributed by atoms with E-state index in [4.69, 9.17) is 21.1 Å². The van der Waals surface area contributed by atoms with Gasteiger partial charge in [0.1, 0.15) is 0 Å². The Morgan fingerprint density at radius 1 is 1.36 bits per heavy atom. The number of carbonyl (C=O) groups excluding carboxylic acids is 1. The van der Waals surface area contributed by atoms with E-state index in [1.54, 1.807) is 23.5 Å². The topological polar surface area (TPSA) is 47.6 Å². The molecule has 1 aliphatic rings.